The highest BCUT2D eigenvalue weighted by Crippen LogP contribution is 2.36. The fourth-order valence-corrected chi connectivity index (χ4v) is 2.97. The molecule has 0 saturated heterocycles. The molecule has 1 aliphatic carbocycles. The minimum absolute atomic E-state index is 0. The van der Waals surface area contributed by atoms with E-state index < -0.39 is 0 Å². The van der Waals surface area contributed by atoms with E-state index in [0.29, 0.717) is 6.10 Å². The van der Waals surface area contributed by atoms with E-state index in [-0.39, 0.29) is 5.48 Å². The predicted molar refractivity (Wildman–Crippen MR) is 76.3 cm³/mol. The van der Waals surface area contributed by atoms with Crippen LogP contribution in [0.2, 0.25) is 0 Å². The van der Waals surface area contributed by atoms with Gasteiger partial charge in [-0.25, -0.2) is 0 Å². The van der Waals surface area contributed by atoms with Gasteiger partial charge in [0.2, 0.25) is 0 Å². The molecule has 0 radical (unpaired) electrons. The first kappa shape index (κ1) is 19.3. The number of hydrogen-bond donors (Lipinski definition) is 0. The van der Waals surface area contributed by atoms with Gasteiger partial charge in [0.15, 0.2) is 0 Å². The van der Waals surface area contributed by atoms with Crippen LogP contribution in [0.4, 0.5) is 0 Å². The first-order valence-electron chi connectivity index (χ1n) is 7.21. The van der Waals surface area contributed by atoms with Gasteiger partial charge in [-0.05, 0) is 37.0 Å². The minimum Gasteiger partial charge on any atom is -0.412 e. The summed E-state index contributed by atoms with van der Waals surface area (Å²) in [7, 11) is 1.86. The van der Waals surface area contributed by atoms with E-state index in [9.17, 15) is 0 Å². The maximum absolute atomic E-state index is 5.49. The largest absolute Gasteiger partial charge is 0.412 e. The van der Waals surface area contributed by atoms with Gasteiger partial charge < -0.3 is 10.2 Å². The fraction of sp³-hybridized carbons (Fsp3) is 1.00. The molecule has 4 atom stereocenters. The van der Waals surface area contributed by atoms with E-state index in [1.54, 1.807) is 0 Å². The molecule has 2 N–H and O–H groups in total. The van der Waals surface area contributed by atoms with Crippen molar-refractivity contribution in [1.29, 1.82) is 0 Å². The molecule has 17 heavy (non-hydrogen) atoms. The first-order chi connectivity index (χ1) is 7.69. The Hall–Kier alpha value is -0.0800. The maximum Gasteiger partial charge on any atom is 0.0597 e. The molecule has 1 saturated carbocycles. The molecule has 1 fully saturated rings. The monoisotopic (exact) mass is 246 g/mol. The van der Waals surface area contributed by atoms with Crippen molar-refractivity contribution in [3.05, 3.63) is 0 Å². The molecule has 1 rings (SSSR count). The Kier molecular flexibility index (Phi) is 12.5. The van der Waals surface area contributed by atoms with Crippen LogP contribution in [0.5, 0.6) is 0 Å². The third kappa shape index (κ3) is 6.42. The molecule has 0 aromatic rings. The summed E-state index contributed by atoms with van der Waals surface area (Å²) in [6.45, 7) is 11.1. The lowest BCUT2D eigenvalue weighted by molar-refractivity contribution is 0.00601. The lowest BCUT2D eigenvalue weighted by Crippen LogP contribution is -2.31. The first-order valence-corrected chi connectivity index (χ1v) is 7.21. The van der Waals surface area contributed by atoms with E-state index >= 15 is 0 Å². The predicted octanol–water partition coefficient (Wildman–Crippen LogP) is 4.08. The van der Waals surface area contributed by atoms with Crippen molar-refractivity contribution in [3.8, 4) is 0 Å². The van der Waals surface area contributed by atoms with Gasteiger partial charge in [-0.3, -0.25) is 0 Å². The minimum atomic E-state index is 0. The van der Waals surface area contributed by atoms with Gasteiger partial charge in [0, 0.05) is 7.11 Å². The van der Waals surface area contributed by atoms with Crippen LogP contribution in [0.1, 0.15) is 66.7 Å². The molecule has 106 valence electrons. The molecule has 0 amide bonds. The van der Waals surface area contributed by atoms with Crippen LogP contribution in [-0.4, -0.2) is 18.7 Å². The summed E-state index contributed by atoms with van der Waals surface area (Å²) < 4.78 is 5.49. The van der Waals surface area contributed by atoms with Crippen molar-refractivity contribution in [1.82, 2.24) is 0 Å². The summed E-state index contributed by atoms with van der Waals surface area (Å²) in [6.07, 6.45) is 7.29. The number of methoxy groups -OCH3 is 1. The van der Waals surface area contributed by atoms with Crippen LogP contribution in [0.25, 0.3) is 0 Å². The molecule has 0 aliphatic heterocycles. The van der Waals surface area contributed by atoms with Crippen molar-refractivity contribution < 1.29 is 10.2 Å². The van der Waals surface area contributed by atoms with Crippen molar-refractivity contribution in [2.75, 3.05) is 7.11 Å². The number of ether oxygens (including phenoxy) is 1. The summed E-state index contributed by atoms with van der Waals surface area (Å²) in [5.74, 6) is 2.63. The average molecular weight is 246 g/mol. The van der Waals surface area contributed by atoms with E-state index in [1.165, 1.54) is 32.1 Å². The van der Waals surface area contributed by atoms with E-state index in [4.69, 9.17) is 4.74 Å². The summed E-state index contributed by atoms with van der Waals surface area (Å²) in [4.78, 5) is 0. The molecule has 0 spiro atoms. The zero-order valence-electron chi connectivity index (χ0n) is 12.8. The molecule has 0 aromatic heterocycles. The standard InChI is InChI=1S/C13H26O.C2H6.H2O/c1-5-6-10(2)12-7-8-13(14-4)11(3)9-12;1-2;/h10-13H,5-9H2,1-4H3;1-2H3;1H2/t10-,11?,12?,13?;;/m0../s1. The van der Waals surface area contributed by atoms with Crippen LogP contribution in [0, 0.1) is 17.8 Å². The van der Waals surface area contributed by atoms with Gasteiger partial charge >= 0.3 is 0 Å². The quantitative estimate of drug-likeness (QED) is 0.737. The summed E-state index contributed by atoms with van der Waals surface area (Å²) in [6, 6.07) is 0. The van der Waals surface area contributed by atoms with Crippen LogP contribution in [0.3, 0.4) is 0 Å². The second-order valence-electron chi connectivity index (χ2n) is 5.09. The second-order valence-corrected chi connectivity index (χ2v) is 5.09. The van der Waals surface area contributed by atoms with E-state index in [1.807, 2.05) is 21.0 Å². The average Bonchev–Trinajstić information content (AvgIpc) is 2.32. The van der Waals surface area contributed by atoms with Crippen LogP contribution < -0.4 is 0 Å². The zero-order chi connectivity index (χ0) is 12.6. The third-order valence-electron chi connectivity index (χ3n) is 3.98. The van der Waals surface area contributed by atoms with Crippen LogP contribution in [0.15, 0.2) is 0 Å². The molecular formula is C15H34O2. The number of hydrogen-bond acceptors (Lipinski definition) is 1. The smallest absolute Gasteiger partial charge is 0.0597 e. The molecule has 2 nitrogen and oxygen atoms in total. The second kappa shape index (κ2) is 11.0. The summed E-state index contributed by atoms with van der Waals surface area (Å²) >= 11 is 0. The highest BCUT2D eigenvalue weighted by atomic mass is 16.5. The van der Waals surface area contributed by atoms with Crippen LogP contribution >= 0.6 is 0 Å². The normalized spacial score (nSPS) is 29.6. The van der Waals surface area contributed by atoms with Gasteiger partial charge in [-0.1, -0.05) is 47.5 Å². The molecule has 2 heteroatoms. The third-order valence-corrected chi connectivity index (χ3v) is 3.98. The highest BCUT2D eigenvalue weighted by Gasteiger charge is 2.29. The van der Waals surface area contributed by atoms with Crippen molar-refractivity contribution in [2.45, 2.75) is 72.8 Å². The van der Waals surface area contributed by atoms with Crippen molar-refractivity contribution >= 4 is 0 Å². The van der Waals surface area contributed by atoms with Gasteiger partial charge in [0.1, 0.15) is 0 Å². The van der Waals surface area contributed by atoms with Gasteiger partial charge in [0.25, 0.3) is 0 Å². The molecule has 0 aromatic carbocycles. The van der Waals surface area contributed by atoms with Crippen LogP contribution in [-0.2, 0) is 4.74 Å². The Morgan fingerprint density at radius 3 is 2.24 bits per heavy atom. The maximum atomic E-state index is 5.49. The van der Waals surface area contributed by atoms with Gasteiger partial charge in [-0.2, -0.15) is 0 Å². The lowest BCUT2D eigenvalue weighted by atomic mass is 9.74. The fourth-order valence-electron chi connectivity index (χ4n) is 2.97. The SMILES string of the molecule is CC.CCC[C@H](C)C1CCC(OC)C(C)C1.O. The Morgan fingerprint density at radius 2 is 1.82 bits per heavy atom. The molecular weight excluding hydrogens is 212 g/mol. The molecule has 3 unspecified atom stereocenters. The van der Waals surface area contributed by atoms with Gasteiger partial charge in [0.05, 0.1) is 6.10 Å². The van der Waals surface area contributed by atoms with Crippen molar-refractivity contribution in [2.24, 2.45) is 17.8 Å². The number of rotatable bonds is 4. The van der Waals surface area contributed by atoms with Crippen molar-refractivity contribution in [3.63, 3.8) is 0 Å². The molecule has 0 heterocycles. The molecule has 0 bridgehead atoms. The van der Waals surface area contributed by atoms with Gasteiger partial charge in [-0.15, -0.1) is 0 Å². The topological polar surface area (TPSA) is 40.7 Å². The Balaban J connectivity index is 0. The highest BCUT2D eigenvalue weighted by molar-refractivity contribution is 4.80. The lowest BCUT2D eigenvalue weighted by Gasteiger charge is -2.36. The Morgan fingerprint density at radius 1 is 1.24 bits per heavy atom. The van der Waals surface area contributed by atoms with E-state index in [2.05, 4.69) is 20.8 Å². The summed E-state index contributed by atoms with van der Waals surface area (Å²) in [5, 5.41) is 0. The zero-order valence-corrected chi connectivity index (χ0v) is 12.8. The molecule has 1 aliphatic rings. The Bertz CT molecular complexity index is 159. The van der Waals surface area contributed by atoms with E-state index in [0.717, 1.165) is 17.8 Å². The Labute approximate surface area is 108 Å². The summed E-state index contributed by atoms with van der Waals surface area (Å²) in [5.41, 5.74) is 0.